The molecule has 0 aliphatic carbocycles. The van der Waals surface area contributed by atoms with Crippen LogP contribution in [0.2, 0.25) is 0 Å². The first kappa shape index (κ1) is 13.8. The van der Waals surface area contributed by atoms with Crippen LogP contribution in [0.3, 0.4) is 0 Å². The molecule has 1 aliphatic rings. The van der Waals surface area contributed by atoms with Gasteiger partial charge in [-0.15, -0.1) is 0 Å². The summed E-state index contributed by atoms with van der Waals surface area (Å²) in [6, 6.07) is 0.161. The van der Waals surface area contributed by atoms with Gasteiger partial charge in [0.15, 0.2) is 0 Å². The zero-order valence-corrected chi connectivity index (χ0v) is 10.5. The van der Waals surface area contributed by atoms with Gasteiger partial charge in [0.25, 0.3) is 0 Å². The van der Waals surface area contributed by atoms with Gasteiger partial charge in [-0.05, 0) is 25.9 Å². The zero-order chi connectivity index (χ0) is 12.8. The van der Waals surface area contributed by atoms with Crippen molar-refractivity contribution in [2.24, 2.45) is 0 Å². The summed E-state index contributed by atoms with van der Waals surface area (Å²) in [6.07, 6.45) is 1.90. The molecule has 1 heterocycles. The first-order chi connectivity index (χ1) is 8.02. The van der Waals surface area contributed by atoms with Crippen LogP contribution in [0.15, 0.2) is 0 Å². The first-order valence-corrected chi connectivity index (χ1v) is 5.93. The largest absolute Gasteiger partial charge is 0.481 e. The average molecular weight is 243 g/mol. The van der Waals surface area contributed by atoms with Crippen LogP contribution in [0.4, 0.5) is 4.79 Å². The van der Waals surface area contributed by atoms with Gasteiger partial charge in [-0.25, -0.2) is 4.79 Å². The van der Waals surface area contributed by atoms with Gasteiger partial charge < -0.3 is 20.2 Å². The molecule has 0 saturated carbocycles. The van der Waals surface area contributed by atoms with Crippen LogP contribution in [0, 0.1) is 0 Å². The number of nitrogens with zero attached hydrogens (tertiary/aromatic N) is 2. The quantitative estimate of drug-likeness (QED) is 0.739. The molecule has 2 amide bonds. The fourth-order valence-corrected chi connectivity index (χ4v) is 1.98. The number of hydrogen-bond donors (Lipinski definition) is 2. The summed E-state index contributed by atoms with van der Waals surface area (Å²) in [4.78, 5) is 25.6. The lowest BCUT2D eigenvalue weighted by atomic mass is 10.1. The van der Waals surface area contributed by atoms with Crippen LogP contribution >= 0.6 is 0 Å². The van der Waals surface area contributed by atoms with Gasteiger partial charge in [0.05, 0.1) is 6.42 Å². The van der Waals surface area contributed by atoms with E-state index in [4.69, 9.17) is 5.11 Å². The number of urea groups is 1. The van der Waals surface area contributed by atoms with Crippen LogP contribution in [-0.4, -0.2) is 66.7 Å². The van der Waals surface area contributed by atoms with Gasteiger partial charge in [0, 0.05) is 26.7 Å². The monoisotopic (exact) mass is 243 g/mol. The highest BCUT2D eigenvalue weighted by Gasteiger charge is 2.24. The number of amides is 2. The Morgan fingerprint density at radius 2 is 1.88 bits per heavy atom. The van der Waals surface area contributed by atoms with Crippen molar-refractivity contribution in [3.63, 3.8) is 0 Å². The molecule has 0 radical (unpaired) electrons. The fraction of sp³-hybridized carbons (Fsp3) is 0.818. The van der Waals surface area contributed by atoms with E-state index in [1.807, 2.05) is 0 Å². The maximum atomic E-state index is 12.0. The van der Waals surface area contributed by atoms with Crippen molar-refractivity contribution < 1.29 is 14.7 Å². The molecule has 6 heteroatoms. The summed E-state index contributed by atoms with van der Waals surface area (Å²) in [5.41, 5.74) is 0. The van der Waals surface area contributed by atoms with Crippen molar-refractivity contribution in [2.45, 2.75) is 25.3 Å². The van der Waals surface area contributed by atoms with Crippen molar-refractivity contribution in [1.82, 2.24) is 15.1 Å². The number of carboxylic acid groups (broad SMARTS) is 1. The highest BCUT2D eigenvalue weighted by Crippen LogP contribution is 2.11. The minimum atomic E-state index is -0.880. The van der Waals surface area contributed by atoms with Crippen LogP contribution in [0.1, 0.15) is 19.3 Å². The molecule has 0 aromatic carbocycles. The number of carbonyl (C=O) groups excluding carboxylic acids is 1. The topological polar surface area (TPSA) is 72.9 Å². The van der Waals surface area contributed by atoms with Crippen molar-refractivity contribution in [1.29, 1.82) is 0 Å². The van der Waals surface area contributed by atoms with Crippen molar-refractivity contribution in [3.05, 3.63) is 0 Å². The maximum absolute atomic E-state index is 12.0. The predicted octanol–water partition coefficient (Wildman–Crippen LogP) is 0.197. The Morgan fingerprint density at radius 3 is 2.41 bits per heavy atom. The van der Waals surface area contributed by atoms with E-state index < -0.39 is 5.97 Å². The van der Waals surface area contributed by atoms with E-state index >= 15 is 0 Å². The number of nitrogens with one attached hydrogen (secondary N) is 1. The number of carboxylic acids is 1. The van der Waals surface area contributed by atoms with Crippen LogP contribution in [0.5, 0.6) is 0 Å². The van der Waals surface area contributed by atoms with E-state index in [1.165, 1.54) is 4.90 Å². The molecule has 98 valence electrons. The Bertz CT molecular complexity index is 277. The molecule has 17 heavy (non-hydrogen) atoms. The number of carbonyl (C=O) groups is 2. The molecule has 1 fully saturated rings. The van der Waals surface area contributed by atoms with Crippen LogP contribution < -0.4 is 5.32 Å². The molecular weight excluding hydrogens is 222 g/mol. The third-order valence-corrected chi connectivity index (χ3v) is 3.15. The van der Waals surface area contributed by atoms with Crippen molar-refractivity contribution in [3.8, 4) is 0 Å². The molecule has 2 N–H and O–H groups in total. The molecule has 0 unspecified atom stereocenters. The number of rotatable bonds is 4. The Labute approximate surface area is 102 Å². The number of aliphatic carboxylic acids is 1. The highest BCUT2D eigenvalue weighted by molar-refractivity contribution is 5.75. The van der Waals surface area contributed by atoms with Crippen molar-refractivity contribution >= 4 is 12.0 Å². The number of piperidine rings is 1. The molecule has 1 saturated heterocycles. The summed E-state index contributed by atoms with van der Waals surface area (Å²) in [7, 11) is 3.43. The first-order valence-electron chi connectivity index (χ1n) is 5.93. The normalized spacial score (nSPS) is 16.6. The Hall–Kier alpha value is -1.30. The van der Waals surface area contributed by atoms with E-state index in [2.05, 4.69) is 5.32 Å². The Balaban J connectivity index is 2.41. The fourth-order valence-electron chi connectivity index (χ4n) is 1.98. The second-order valence-corrected chi connectivity index (χ2v) is 4.44. The summed E-state index contributed by atoms with van der Waals surface area (Å²) >= 11 is 0. The third-order valence-electron chi connectivity index (χ3n) is 3.15. The lowest BCUT2D eigenvalue weighted by Gasteiger charge is -2.34. The second kappa shape index (κ2) is 6.44. The van der Waals surface area contributed by atoms with Gasteiger partial charge in [0.1, 0.15) is 0 Å². The summed E-state index contributed by atoms with van der Waals surface area (Å²) in [5.74, 6) is -0.880. The van der Waals surface area contributed by atoms with E-state index in [-0.39, 0.29) is 25.0 Å². The molecule has 1 rings (SSSR count). The lowest BCUT2D eigenvalue weighted by molar-refractivity contribution is -0.137. The molecular formula is C11H21N3O3. The van der Waals surface area contributed by atoms with Gasteiger partial charge in [-0.3, -0.25) is 4.79 Å². The maximum Gasteiger partial charge on any atom is 0.319 e. The van der Waals surface area contributed by atoms with E-state index in [0.29, 0.717) is 0 Å². The summed E-state index contributed by atoms with van der Waals surface area (Å²) < 4.78 is 0. The SMILES string of the molecule is CN(CCC(=O)O)C(=O)N(C)C1CCNCC1. The lowest BCUT2D eigenvalue weighted by Crippen LogP contribution is -2.48. The summed E-state index contributed by atoms with van der Waals surface area (Å²) in [6.45, 7) is 2.12. The molecule has 6 nitrogen and oxygen atoms in total. The molecule has 1 aliphatic heterocycles. The molecule has 0 atom stereocenters. The Kier molecular flexibility index (Phi) is 5.21. The smallest absolute Gasteiger partial charge is 0.319 e. The molecule has 0 spiro atoms. The van der Waals surface area contributed by atoms with Gasteiger partial charge in [-0.1, -0.05) is 0 Å². The molecule has 0 bridgehead atoms. The standard InChI is InChI=1S/C11H21N3O3/c1-13(8-5-10(15)16)11(17)14(2)9-3-6-12-7-4-9/h9,12H,3-8H2,1-2H3,(H,15,16). The Morgan fingerprint density at radius 1 is 1.29 bits per heavy atom. The van der Waals surface area contributed by atoms with Gasteiger partial charge in [0.2, 0.25) is 0 Å². The highest BCUT2D eigenvalue weighted by atomic mass is 16.4. The van der Waals surface area contributed by atoms with E-state index in [9.17, 15) is 9.59 Å². The average Bonchev–Trinajstić information content (AvgIpc) is 2.35. The van der Waals surface area contributed by atoms with E-state index in [1.54, 1.807) is 19.0 Å². The van der Waals surface area contributed by atoms with Crippen LogP contribution in [0.25, 0.3) is 0 Å². The second-order valence-electron chi connectivity index (χ2n) is 4.44. The zero-order valence-electron chi connectivity index (χ0n) is 10.5. The third kappa shape index (κ3) is 4.22. The van der Waals surface area contributed by atoms with Crippen LogP contribution in [-0.2, 0) is 4.79 Å². The van der Waals surface area contributed by atoms with Gasteiger partial charge >= 0.3 is 12.0 Å². The minimum Gasteiger partial charge on any atom is -0.481 e. The molecule has 0 aromatic rings. The van der Waals surface area contributed by atoms with Gasteiger partial charge in [-0.2, -0.15) is 0 Å². The predicted molar refractivity (Wildman–Crippen MR) is 63.9 cm³/mol. The summed E-state index contributed by atoms with van der Waals surface area (Å²) in [5, 5.41) is 11.8. The number of hydrogen-bond acceptors (Lipinski definition) is 3. The molecule has 0 aromatic heterocycles. The van der Waals surface area contributed by atoms with E-state index in [0.717, 1.165) is 25.9 Å². The minimum absolute atomic E-state index is 0.0116. The van der Waals surface area contributed by atoms with Crippen molar-refractivity contribution in [2.75, 3.05) is 33.7 Å².